The van der Waals surface area contributed by atoms with Crippen LogP contribution in [0.25, 0.3) is 115 Å². The first-order valence-electron chi connectivity index (χ1n) is 40.0. The van der Waals surface area contributed by atoms with Gasteiger partial charge in [-0.15, -0.1) is 0 Å². The molecule has 0 fully saturated rings. The van der Waals surface area contributed by atoms with Gasteiger partial charge in [0.05, 0.1) is 69.7 Å². The standard InChI is InChI=1S/C98H98N12O8/c1-95(2,3)115-91(111)107-81(52-59-26-17-13-18-27-59)87-73-40-36-65(99-73)57-66-37-41-74(100-66)88(82(53-60-28-19-14-20-29-60)108-92(112)116-96(4,5)6)78-49-45-70(104-78)85(69-44-48-77(87)103-69)63-34-25-35-64(56-63)86-71-46-50-79(105-71)89(83(54-61-30-21-15-22-31-61)109-93(113)117-97(7,8)9)75-42-38-67(101-75)58-68-39-43-76(102-68)90(80-51-47-72(86)106-80)84(55-62-32-23-16-24-33-62)110-94(114)118-98(10,11)12/h13-51,56-58,81-84,99,101,104,106H,52-55H2,1-12H3,(H,107,111)(H,108,112)(H,109,113)(H,110,114)/t81-,82-,83-,84-/m0/s1. The van der Waals surface area contributed by atoms with Crippen molar-refractivity contribution >= 4 is 117 Å². The third-order valence-corrected chi connectivity index (χ3v) is 20.0. The van der Waals surface area contributed by atoms with E-state index in [0.29, 0.717) is 138 Å². The number of benzene rings is 5. The molecule has 4 amide bonds. The van der Waals surface area contributed by atoms with Gasteiger partial charge < -0.3 is 60.2 Å². The Morgan fingerprint density at radius 1 is 0.288 bits per heavy atom. The summed E-state index contributed by atoms with van der Waals surface area (Å²) in [6.45, 7) is 22.1. The van der Waals surface area contributed by atoms with Crippen LogP contribution in [0.2, 0.25) is 0 Å². The summed E-state index contributed by atoms with van der Waals surface area (Å²) in [7, 11) is 0. The lowest BCUT2D eigenvalue weighted by molar-refractivity contribution is 0.0491. The molecule has 598 valence electrons. The van der Waals surface area contributed by atoms with Crippen molar-refractivity contribution < 1.29 is 38.1 Å². The SMILES string of the molecule is CC(C)(C)OC(=O)N[C@@H](Cc1ccccc1)c1c2nc(c(-c3cccc(-c4c5nc(c([C@H](Cc6ccccc6)NC(=O)OC(C)(C)C)c6ccc(cc7nc(c([C@H](Cc8ccccc8)NC(=O)OC(C)(C)C)c8ccc4[nH]8)C=C7)[nH]6)C=C5)c3)c3ccc([nH]3)c([C@H](Cc3ccccc3)NC(=O)OC(C)(C)C)c3nc(cc4ccc1[nH]4)C=C3)C=C2. The van der Waals surface area contributed by atoms with Crippen molar-refractivity contribution in [2.75, 3.05) is 0 Å². The van der Waals surface area contributed by atoms with Crippen LogP contribution < -0.4 is 21.3 Å². The number of aromatic amines is 4. The van der Waals surface area contributed by atoms with Crippen LogP contribution in [0.4, 0.5) is 19.2 Å². The second kappa shape index (κ2) is 33.3. The van der Waals surface area contributed by atoms with Crippen molar-refractivity contribution in [2.45, 2.75) is 155 Å². The third-order valence-electron chi connectivity index (χ3n) is 20.0. The van der Waals surface area contributed by atoms with E-state index in [1.807, 2.05) is 320 Å². The Balaban J connectivity index is 1.03. The topological polar surface area (TPSA) is 268 Å². The number of amides is 4. The molecule has 0 aliphatic carbocycles. The van der Waals surface area contributed by atoms with Gasteiger partial charge >= 0.3 is 24.4 Å². The van der Waals surface area contributed by atoms with Gasteiger partial charge in [0.2, 0.25) is 0 Å². The number of hydrogen-bond donors (Lipinski definition) is 8. The third kappa shape index (κ3) is 19.5. The van der Waals surface area contributed by atoms with Crippen molar-refractivity contribution in [3.05, 3.63) is 296 Å². The van der Waals surface area contributed by atoms with Gasteiger partial charge in [-0.05, 0) is 257 Å². The number of ether oxygens (including phenoxy) is 4. The van der Waals surface area contributed by atoms with E-state index in [4.69, 9.17) is 38.9 Å². The van der Waals surface area contributed by atoms with Crippen molar-refractivity contribution in [2.24, 2.45) is 0 Å². The molecule has 118 heavy (non-hydrogen) atoms. The van der Waals surface area contributed by atoms with Crippen LogP contribution in [0.1, 0.15) is 197 Å². The number of nitrogens with one attached hydrogen (secondary N) is 8. The van der Waals surface area contributed by atoms with E-state index in [2.05, 4.69) is 59.4 Å². The van der Waals surface area contributed by atoms with E-state index in [0.717, 1.165) is 44.4 Å². The fourth-order valence-electron chi connectivity index (χ4n) is 15.4. The Kier molecular flexibility index (Phi) is 22.5. The molecule has 0 radical (unpaired) electrons. The smallest absolute Gasteiger partial charge is 0.408 e. The molecule has 15 rings (SSSR count). The second-order valence-electron chi connectivity index (χ2n) is 34.0. The molecule has 4 aliphatic rings. The molecule has 20 nitrogen and oxygen atoms in total. The minimum atomic E-state index is -0.817. The van der Waals surface area contributed by atoms with Gasteiger partial charge in [0.25, 0.3) is 0 Å². The zero-order valence-electron chi connectivity index (χ0n) is 68.4. The second-order valence-corrected chi connectivity index (χ2v) is 34.0. The quantitative estimate of drug-likeness (QED) is 0.0373. The summed E-state index contributed by atoms with van der Waals surface area (Å²) in [5.74, 6) is 0. The Bertz CT molecular complexity index is 5610. The number of rotatable bonds is 18. The van der Waals surface area contributed by atoms with Gasteiger partial charge in [-0.3, -0.25) is 0 Å². The molecule has 4 aliphatic heterocycles. The predicted octanol–water partition coefficient (Wildman–Crippen LogP) is 22.2. The first-order chi connectivity index (χ1) is 56.5. The van der Waals surface area contributed by atoms with Crippen LogP contribution in [0.5, 0.6) is 0 Å². The summed E-state index contributed by atoms with van der Waals surface area (Å²) in [6, 6.07) is 65.6. The number of alkyl carbamates (subject to hydrolysis) is 4. The molecule has 8 N–H and O–H groups in total. The van der Waals surface area contributed by atoms with Crippen LogP contribution in [0, 0.1) is 0 Å². The average Bonchev–Trinajstić information content (AvgIpc) is 1.61. The number of fused-ring (bicyclic) bond motifs is 16. The molecule has 0 unspecified atom stereocenters. The van der Waals surface area contributed by atoms with Crippen molar-refractivity contribution in [3.8, 4) is 22.3 Å². The van der Waals surface area contributed by atoms with Gasteiger partial charge in [0.15, 0.2) is 0 Å². The Hall–Kier alpha value is -13.6. The molecule has 5 aromatic carbocycles. The molecule has 0 saturated carbocycles. The van der Waals surface area contributed by atoms with Crippen LogP contribution >= 0.6 is 0 Å². The molecule has 20 heteroatoms. The molecular formula is C98H98N12O8. The van der Waals surface area contributed by atoms with Crippen molar-refractivity contribution in [1.29, 1.82) is 0 Å². The summed E-state index contributed by atoms with van der Waals surface area (Å²) in [5, 5.41) is 13.2. The first kappa shape index (κ1) is 79.6. The van der Waals surface area contributed by atoms with Crippen molar-refractivity contribution in [3.63, 3.8) is 0 Å². The molecule has 4 atom stereocenters. The van der Waals surface area contributed by atoms with Crippen LogP contribution in [0.15, 0.2) is 206 Å². The fraction of sp³-hybridized carbons (Fsp3) is 0.245. The number of aromatic nitrogens is 8. The summed E-state index contributed by atoms with van der Waals surface area (Å²) in [4.78, 5) is 95.0. The molecule has 6 aromatic heterocycles. The van der Waals surface area contributed by atoms with E-state index < -0.39 is 70.9 Å². The monoisotopic (exact) mass is 1570 g/mol. The van der Waals surface area contributed by atoms with E-state index >= 15 is 0 Å². The lowest BCUT2D eigenvalue weighted by atomic mass is 9.97. The molecule has 0 saturated heterocycles. The minimum Gasteiger partial charge on any atom is -0.444 e. The highest BCUT2D eigenvalue weighted by Crippen LogP contribution is 2.41. The highest BCUT2D eigenvalue weighted by Gasteiger charge is 2.32. The summed E-state index contributed by atoms with van der Waals surface area (Å²) < 4.78 is 24.2. The van der Waals surface area contributed by atoms with E-state index in [9.17, 15) is 19.2 Å². The lowest BCUT2D eigenvalue weighted by Crippen LogP contribution is -2.36. The predicted molar refractivity (Wildman–Crippen MR) is 471 cm³/mol. The van der Waals surface area contributed by atoms with Crippen molar-refractivity contribution in [1.82, 2.24) is 61.1 Å². The normalized spacial score (nSPS) is 13.6. The maximum Gasteiger partial charge on any atom is 0.408 e. The Morgan fingerprint density at radius 2 is 0.551 bits per heavy atom. The van der Waals surface area contributed by atoms with Crippen LogP contribution in [0.3, 0.4) is 0 Å². The largest absolute Gasteiger partial charge is 0.444 e. The lowest BCUT2D eigenvalue weighted by Gasteiger charge is -2.24. The van der Waals surface area contributed by atoms with Crippen LogP contribution in [-0.2, 0) is 44.6 Å². The van der Waals surface area contributed by atoms with E-state index in [1.54, 1.807) is 0 Å². The van der Waals surface area contributed by atoms with E-state index in [-0.39, 0.29) is 0 Å². The molecule has 16 bridgehead atoms. The van der Waals surface area contributed by atoms with Crippen LogP contribution in [-0.4, -0.2) is 86.6 Å². The first-order valence-corrected chi connectivity index (χ1v) is 40.0. The fourth-order valence-corrected chi connectivity index (χ4v) is 15.4. The highest BCUT2D eigenvalue weighted by atomic mass is 16.6. The molecule has 10 heterocycles. The molecule has 11 aromatic rings. The zero-order valence-corrected chi connectivity index (χ0v) is 68.4. The maximum atomic E-state index is 14.4. The van der Waals surface area contributed by atoms with Gasteiger partial charge in [0, 0.05) is 77.5 Å². The number of hydrogen-bond acceptors (Lipinski definition) is 12. The number of nitrogens with zero attached hydrogens (tertiary/aromatic N) is 4. The zero-order chi connectivity index (χ0) is 82.6. The van der Waals surface area contributed by atoms with Gasteiger partial charge in [-0.1, -0.05) is 140 Å². The molecular weight excluding hydrogens is 1470 g/mol. The summed E-state index contributed by atoms with van der Waals surface area (Å²) >= 11 is 0. The van der Waals surface area contributed by atoms with Gasteiger partial charge in [-0.2, -0.15) is 0 Å². The average molecular weight is 1570 g/mol. The van der Waals surface area contributed by atoms with Gasteiger partial charge in [0.1, 0.15) is 22.4 Å². The number of H-pyrrole nitrogens is 4. The molecule has 0 spiro atoms. The maximum absolute atomic E-state index is 14.4. The van der Waals surface area contributed by atoms with Gasteiger partial charge in [-0.25, -0.2) is 39.1 Å². The Labute approximate surface area is 686 Å². The highest BCUT2D eigenvalue weighted by molar-refractivity contribution is 5.97. The minimum absolute atomic E-state index is 0.369. The Morgan fingerprint density at radius 3 is 0.856 bits per heavy atom. The summed E-state index contributed by atoms with van der Waals surface area (Å²) in [6.07, 6.45) is 15.0. The number of carbonyl (C=O) groups is 4. The number of carbonyl (C=O) groups excluding carboxylic acids is 4. The summed E-state index contributed by atoms with van der Waals surface area (Å²) in [5.41, 5.74) is 16.6. The van der Waals surface area contributed by atoms with E-state index in [1.165, 1.54) is 0 Å².